The van der Waals surface area contributed by atoms with Crippen LogP contribution in [0.5, 0.6) is 0 Å². The van der Waals surface area contributed by atoms with Crippen LogP contribution in [0.4, 0.5) is 13.2 Å². The van der Waals surface area contributed by atoms with Crippen LogP contribution in [0.1, 0.15) is 5.69 Å². The van der Waals surface area contributed by atoms with Crippen molar-refractivity contribution in [1.82, 2.24) is 9.78 Å². The highest BCUT2D eigenvalue weighted by molar-refractivity contribution is 7.98. The molecule has 5 nitrogen and oxygen atoms in total. The minimum Gasteiger partial charge on any atom is -0.232 e. The molecule has 4 aromatic rings. The highest BCUT2D eigenvalue weighted by Gasteiger charge is 2.40. The summed E-state index contributed by atoms with van der Waals surface area (Å²) in [6.07, 6.45) is -2.84. The Morgan fingerprint density at radius 2 is 1.45 bits per heavy atom. The molecule has 3 aromatic carbocycles. The van der Waals surface area contributed by atoms with E-state index in [-0.39, 0.29) is 16.2 Å². The minimum atomic E-state index is -4.72. The second-order valence-corrected chi connectivity index (χ2v) is 9.56. The molecule has 0 aliphatic heterocycles. The number of para-hydroxylation sites is 1. The Balaban J connectivity index is 2.05. The van der Waals surface area contributed by atoms with E-state index in [1.54, 1.807) is 54.6 Å². The number of sulfonamides is 1. The maximum atomic E-state index is 14.1. The summed E-state index contributed by atoms with van der Waals surface area (Å²) < 4.78 is 67.0. The van der Waals surface area contributed by atoms with Crippen LogP contribution in [-0.2, 0) is 16.2 Å². The Morgan fingerprint density at radius 1 is 0.879 bits per heavy atom. The van der Waals surface area contributed by atoms with Crippen LogP contribution in [-0.4, -0.2) is 24.5 Å². The summed E-state index contributed by atoms with van der Waals surface area (Å²) in [6.45, 7) is 0. The van der Waals surface area contributed by atoms with Crippen molar-refractivity contribution in [3.63, 3.8) is 0 Å². The number of hydrogen-bond acceptors (Lipinski definition) is 4. The largest absolute Gasteiger partial charge is 0.435 e. The number of alkyl halides is 3. The predicted molar refractivity (Wildman–Crippen MR) is 123 cm³/mol. The first-order chi connectivity index (χ1) is 15.6. The molecule has 0 saturated heterocycles. The molecule has 0 bridgehead atoms. The number of benzene rings is 3. The van der Waals surface area contributed by atoms with Crippen molar-refractivity contribution in [2.45, 2.75) is 16.0 Å². The molecule has 170 valence electrons. The highest BCUT2D eigenvalue weighted by Crippen LogP contribution is 2.43. The molecule has 0 aliphatic carbocycles. The van der Waals surface area contributed by atoms with Crippen LogP contribution < -0.4 is 5.14 Å². The molecule has 0 spiro atoms. The Morgan fingerprint density at radius 3 is 1.97 bits per heavy atom. The zero-order valence-electron chi connectivity index (χ0n) is 17.2. The van der Waals surface area contributed by atoms with Crippen molar-refractivity contribution >= 4 is 21.8 Å². The van der Waals surface area contributed by atoms with Gasteiger partial charge in [0.2, 0.25) is 10.0 Å². The van der Waals surface area contributed by atoms with E-state index in [0.29, 0.717) is 16.8 Å². The summed E-state index contributed by atoms with van der Waals surface area (Å²) in [5.74, 6) is 0. The lowest BCUT2D eigenvalue weighted by Gasteiger charge is -2.12. The zero-order chi connectivity index (χ0) is 23.8. The van der Waals surface area contributed by atoms with Gasteiger partial charge in [0.25, 0.3) is 0 Å². The van der Waals surface area contributed by atoms with E-state index in [4.69, 9.17) is 5.14 Å². The average Bonchev–Trinajstić information content (AvgIpc) is 3.20. The number of rotatable bonds is 5. The van der Waals surface area contributed by atoms with Crippen molar-refractivity contribution in [1.29, 1.82) is 0 Å². The van der Waals surface area contributed by atoms with E-state index in [1.165, 1.54) is 40.7 Å². The fourth-order valence-electron chi connectivity index (χ4n) is 3.47. The molecular formula is C23H18F3N3O2S2. The number of primary sulfonamides is 1. The van der Waals surface area contributed by atoms with Gasteiger partial charge in [0.15, 0.2) is 5.69 Å². The lowest BCUT2D eigenvalue weighted by Crippen LogP contribution is -2.11. The predicted octanol–water partition coefficient (Wildman–Crippen LogP) is 5.59. The number of halogens is 3. The first kappa shape index (κ1) is 23.1. The molecular weight excluding hydrogens is 471 g/mol. The maximum Gasteiger partial charge on any atom is 0.435 e. The fraction of sp³-hybridized carbons (Fsp3) is 0.0870. The molecule has 0 saturated carbocycles. The lowest BCUT2D eigenvalue weighted by atomic mass is 9.98. The topological polar surface area (TPSA) is 78.0 Å². The van der Waals surface area contributed by atoms with Gasteiger partial charge in [-0.25, -0.2) is 18.2 Å². The van der Waals surface area contributed by atoms with Gasteiger partial charge >= 0.3 is 6.18 Å². The first-order valence-electron chi connectivity index (χ1n) is 9.63. The standard InChI is InChI=1S/C23H18F3N3O2S2/c1-32-18-11-7-15(8-12-18)20-21(16-9-13-19(14-10-16)33(27,30)31)29(17-5-3-2-4-6-17)28-22(20)23(24,25)26/h2-14H,1H3,(H2,27,30,31). The van der Waals surface area contributed by atoms with E-state index < -0.39 is 21.9 Å². The van der Waals surface area contributed by atoms with Gasteiger partial charge in [-0.3, -0.25) is 0 Å². The molecule has 0 fully saturated rings. The van der Waals surface area contributed by atoms with E-state index in [1.807, 2.05) is 6.26 Å². The summed E-state index contributed by atoms with van der Waals surface area (Å²) in [6, 6.07) is 20.6. The summed E-state index contributed by atoms with van der Waals surface area (Å²) in [5, 5.41) is 9.14. The van der Waals surface area contributed by atoms with E-state index >= 15 is 0 Å². The van der Waals surface area contributed by atoms with Gasteiger partial charge in [-0.1, -0.05) is 42.5 Å². The summed E-state index contributed by atoms with van der Waals surface area (Å²) in [5.41, 5.74) is 0.189. The van der Waals surface area contributed by atoms with Gasteiger partial charge in [0, 0.05) is 16.0 Å². The van der Waals surface area contributed by atoms with Crippen molar-refractivity contribution < 1.29 is 21.6 Å². The minimum absolute atomic E-state index is 0.0950. The van der Waals surface area contributed by atoms with Gasteiger partial charge in [0.05, 0.1) is 16.3 Å². The van der Waals surface area contributed by atoms with Crippen molar-refractivity contribution in [2.75, 3.05) is 6.26 Å². The smallest absolute Gasteiger partial charge is 0.232 e. The van der Waals surface area contributed by atoms with E-state index in [9.17, 15) is 21.6 Å². The third-order valence-corrected chi connectivity index (χ3v) is 6.66. The normalized spacial score (nSPS) is 12.2. The van der Waals surface area contributed by atoms with Crippen LogP contribution in [0, 0.1) is 0 Å². The first-order valence-corrected chi connectivity index (χ1v) is 12.4. The monoisotopic (exact) mass is 489 g/mol. The van der Waals surface area contributed by atoms with E-state index in [0.717, 1.165) is 4.90 Å². The summed E-state index contributed by atoms with van der Waals surface area (Å²) in [7, 11) is -3.96. The number of hydrogen-bond donors (Lipinski definition) is 1. The van der Waals surface area contributed by atoms with Crippen LogP contribution >= 0.6 is 11.8 Å². The second kappa shape index (κ2) is 8.69. The molecule has 0 atom stereocenters. The van der Waals surface area contributed by atoms with Gasteiger partial charge in [-0.05, 0) is 48.2 Å². The molecule has 4 rings (SSSR count). The molecule has 2 N–H and O–H groups in total. The Bertz CT molecular complexity index is 1380. The number of aromatic nitrogens is 2. The molecule has 0 amide bonds. The van der Waals surface area contributed by atoms with Crippen LogP contribution in [0.15, 0.2) is 88.7 Å². The molecule has 1 aromatic heterocycles. The SMILES string of the molecule is CSc1ccc(-c2c(C(F)(F)F)nn(-c3ccccc3)c2-c2ccc(S(N)(=O)=O)cc2)cc1. The molecule has 10 heteroatoms. The quantitative estimate of drug-likeness (QED) is 0.371. The van der Waals surface area contributed by atoms with Crippen LogP contribution in [0.3, 0.4) is 0 Å². The maximum absolute atomic E-state index is 14.1. The van der Waals surface area contributed by atoms with Gasteiger partial charge in [-0.15, -0.1) is 11.8 Å². The highest BCUT2D eigenvalue weighted by atomic mass is 32.2. The van der Waals surface area contributed by atoms with E-state index in [2.05, 4.69) is 5.10 Å². The Hall–Kier alpha value is -3.08. The number of nitrogens with zero attached hydrogens (tertiary/aromatic N) is 2. The zero-order valence-corrected chi connectivity index (χ0v) is 18.9. The van der Waals surface area contributed by atoms with Crippen LogP contribution in [0.2, 0.25) is 0 Å². The van der Waals surface area contributed by atoms with Crippen molar-refractivity contribution in [3.05, 3.63) is 84.6 Å². The Kier molecular flexibility index (Phi) is 6.08. The van der Waals surface area contributed by atoms with Gasteiger partial charge < -0.3 is 0 Å². The molecule has 1 heterocycles. The summed E-state index contributed by atoms with van der Waals surface area (Å²) in [4.78, 5) is 0.765. The molecule has 33 heavy (non-hydrogen) atoms. The lowest BCUT2D eigenvalue weighted by molar-refractivity contribution is -0.140. The number of thioether (sulfide) groups is 1. The molecule has 0 aliphatic rings. The van der Waals surface area contributed by atoms with Gasteiger partial charge in [-0.2, -0.15) is 18.3 Å². The second-order valence-electron chi connectivity index (χ2n) is 7.12. The van der Waals surface area contributed by atoms with Crippen molar-refractivity contribution in [2.24, 2.45) is 5.14 Å². The van der Waals surface area contributed by atoms with Gasteiger partial charge in [0.1, 0.15) is 0 Å². The third-order valence-electron chi connectivity index (χ3n) is 4.99. The fourth-order valence-corrected chi connectivity index (χ4v) is 4.40. The number of nitrogens with two attached hydrogens (primary N) is 1. The Labute approximate surface area is 193 Å². The van der Waals surface area contributed by atoms with Crippen molar-refractivity contribution in [3.8, 4) is 28.1 Å². The molecule has 0 radical (unpaired) electrons. The van der Waals surface area contributed by atoms with Crippen LogP contribution in [0.25, 0.3) is 28.1 Å². The summed E-state index contributed by atoms with van der Waals surface area (Å²) >= 11 is 1.48. The molecule has 0 unspecified atom stereocenters. The third kappa shape index (κ3) is 4.68. The average molecular weight is 490 g/mol.